The van der Waals surface area contributed by atoms with Gasteiger partial charge in [-0.05, 0) is 0 Å². The van der Waals surface area contributed by atoms with Crippen LogP contribution in [0.25, 0.3) is 0 Å². The molecule has 0 amide bonds. The van der Waals surface area contributed by atoms with Crippen LogP contribution in [0.4, 0.5) is 0 Å². The van der Waals surface area contributed by atoms with Crippen molar-refractivity contribution in [2.24, 2.45) is 5.92 Å². The van der Waals surface area contributed by atoms with E-state index in [0.29, 0.717) is 0 Å². The fraction of sp³-hybridized carbons (Fsp3) is 0.250. The Labute approximate surface area is 70.8 Å². The van der Waals surface area contributed by atoms with Gasteiger partial charge in [-0.1, -0.05) is 24.3 Å². The van der Waals surface area contributed by atoms with Crippen molar-refractivity contribution in [2.75, 3.05) is 0 Å². The minimum atomic E-state index is -0.941. The SMILES string of the molecule is N#CC1C=CC=CC1(S)C#N. The molecule has 2 nitrogen and oxygen atoms in total. The minimum absolute atomic E-state index is 0.444. The third kappa shape index (κ3) is 1.29. The fourth-order valence-corrected chi connectivity index (χ4v) is 1.11. The van der Waals surface area contributed by atoms with E-state index in [0.717, 1.165) is 0 Å². The van der Waals surface area contributed by atoms with Gasteiger partial charge in [0.15, 0.2) is 0 Å². The number of nitrogens with zero attached hydrogens (tertiary/aromatic N) is 2. The van der Waals surface area contributed by atoms with Crippen molar-refractivity contribution in [1.82, 2.24) is 0 Å². The van der Waals surface area contributed by atoms with Gasteiger partial charge in [0.25, 0.3) is 0 Å². The first kappa shape index (κ1) is 7.91. The van der Waals surface area contributed by atoms with Gasteiger partial charge in [0.1, 0.15) is 4.75 Å². The predicted octanol–water partition coefficient (Wildman–Crippen LogP) is 1.44. The Kier molecular flexibility index (Phi) is 2.03. The third-order valence-electron chi connectivity index (χ3n) is 1.56. The number of hydrogen-bond acceptors (Lipinski definition) is 3. The number of thiol groups is 1. The van der Waals surface area contributed by atoms with Gasteiger partial charge in [-0.3, -0.25) is 0 Å². The zero-order valence-corrected chi connectivity index (χ0v) is 6.62. The Bertz CT molecular complexity index is 292. The second-order valence-electron chi connectivity index (χ2n) is 2.29. The van der Waals surface area contributed by atoms with Crippen LogP contribution in [0.3, 0.4) is 0 Å². The van der Waals surface area contributed by atoms with E-state index in [1.54, 1.807) is 24.3 Å². The average molecular weight is 162 g/mol. The summed E-state index contributed by atoms with van der Waals surface area (Å²) in [6.45, 7) is 0. The van der Waals surface area contributed by atoms with Crippen LogP contribution in [0.2, 0.25) is 0 Å². The molecule has 3 heteroatoms. The van der Waals surface area contributed by atoms with Crippen molar-refractivity contribution in [3.63, 3.8) is 0 Å². The molecule has 1 aliphatic carbocycles. The second kappa shape index (κ2) is 2.82. The first-order valence-electron chi connectivity index (χ1n) is 3.12. The molecule has 0 aromatic heterocycles. The molecule has 1 aliphatic rings. The van der Waals surface area contributed by atoms with Gasteiger partial charge in [-0.25, -0.2) is 0 Å². The Hall–Kier alpha value is -1.19. The second-order valence-corrected chi connectivity index (χ2v) is 3.03. The quantitative estimate of drug-likeness (QED) is 0.548. The topological polar surface area (TPSA) is 47.6 Å². The highest BCUT2D eigenvalue weighted by atomic mass is 32.1. The molecule has 0 aromatic carbocycles. The molecule has 0 aliphatic heterocycles. The molecule has 0 spiro atoms. The molecule has 54 valence electrons. The Balaban J connectivity index is 3.00. The molecule has 0 bridgehead atoms. The van der Waals surface area contributed by atoms with Gasteiger partial charge in [-0.2, -0.15) is 23.2 Å². The standard InChI is InChI=1S/C8H6N2S/c9-5-7-3-1-2-4-8(7,11)6-10/h1-4,7,11H. The maximum Gasteiger partial charge on any atom is 0.137 e. The van der Waals surface area contributed by atoms with Crippen molar-refractivity contribution in [1.29, 1.82) is 10.5 Å². The summed E-state index contributed by atoms with van der Waals surface area (Å²) in [7, 11) is 0. The first-order chi connectivity index (χ1) is 5.23. The van der Waals surface area contributed by atoms with Crippen LogP contribution in [-0.4, -0.2) is 4.75 Å². The van der Waals surface area contributed by atoms with Crippen LogP contribution in [-0.2, 0) is 0 Å². The Morgan fingerprint density at radius 1 is 1.36 bits per heavy atom. The summed E-state index contributed by atoms with van der Waals surface area (Å²) in [5.41, 5.74) is 0. The zero-order chi connectivity index (χ0) is 8.32. The summed E-state index contributed by atoms with van der Waals surface area (Å²) < 4.78 is -0.941. The van der Waals surface area contributed by atoms with Crippen LogP contribution < -0.4 is 0 Å². The van der Waals surface area contributed by atoms with Gasteiger partial charge >= 0.3 is 0 Å². The van der Waals surface area contributed by atoms with Gasteiger partial charge in [-0.15, -0.1) is 0 Å². The van der Waals surface area contributed by atoms with Crippen molar-refractivity contribution in [2.45, 2.75) is 4.75 Å². The Morgan fingerprint density at radius 3 is 2.55 bits per heavy atom. The van der Waals surface area contributed by atoms with E-state index in [1.807, 2.05) is 12.1 Å². The van der Waals surface area contributed by atoms with E-state index in [-0.39, 0.29) is 0 Å². The molecule has 2 atom stereocenters. The first-order valence-corrected chi connectivity index (χ1v) is 3.57. The summed E-state index contributed by atoms with van der Waals surface area (Å²) in [6, 6.07) is 3.99. The zero-order valence-electron chi connectivity index (χ0n) is 5.73. The summed E-state index contributed by atoms with van der Waals surface area (Å²) >= 11 is 4.10. The minimum Gasteiger partial charge on any atom is -0.198 e. The molecular formula is C8H6N2S. The molecule has 11 heavy (non-hydrogen) atoms. The van der Waals surface area contributed by atoms with E-state index in [9.17, 15) is 0 Å². The van der Waals surface area contributed by atoms with Crippen molar-refractivity contribution in [3.05, 3.63) is 24.3 Å². The molecule has 0 heterocycles. The molecule has 1 rings (SSSR count). The van der Waals surface area contributed by atoms with Gasteiger partial charge in [0, 0.05) is 0 Å². The van der Waals surface area contributed by atoms with Crippen molar-refractivity contribution in [3.8, 4) is 12.1 Å². The molecule has 0 saturated carbocycles. The largest absolute Gasteiger partial charge is 0.198 e. The summed E-state index contributed by atoms with van der Waals surface area (Å²) in [4.78, 5) is 0. The van der Waals surface area contributed by atoms with Crippen LogP contribution in [0, 0.1) is 28.6 Å². The van der Waals surface area contributed by atoms with E-state index < -0.39 is 10.7 Å². The van der Waals surface area contributed by atoms with Crippen molar-refractivity contribution < 1.29 is 0 Å². The van der Waals surface area contributed by atoms with Crippen molar-refractivity contribution >= 4 is 12.6 Å². The number of hydrogen-bond donors (Lipinski definition) is 1. The summed E-state index contributed by atoms with van der Waals surface area (Å²) in [6.07, 6.45) is 6.78. The predicted molar refractivity (Wildman–Crippen MR) is 44.7 cm³/mol. The lowest BCUT2D eigenvalue weighted by atomic mass is 9.90. The normalized spacial score (nSPS) is 34.3. The molecule has 0 saturated heterocycles. The highest BCUT2D eigenvalue weighted by Gasteiger charge is 2.32. The van der Waals surface area contributed by atoms with E-state index in [2.05, 4.69) is 12.6 Å². The lowest BCUT2D eigenvalue weighted by Gasteiger charge is -2.20. The van der Waals surface area contributed by atoms with E-state index in [4.69, 9.17) is 10.5 Å². The monoisotopic (exact) mass is 162 g/mol. The lowest BCUT2D eigenvalue weighted by molar-refractivity contribution is 0.748. The smallest absolute Gasteiger partial charge is 0.137 e. The lowest BCUT2D eigenvalue weighted by Crippen LogP contribution is -2.26. The van der Waals surface area contributed by atoms with Crippen LogP contribution in [0.1, 0.15) is 0 Å². The number of allylic oxidation sites excluding steroid dienone is 3. The van der Waals surface area contributed by atoms with Crippen LogP contribution in [0.5, 0.6) is 0 Å². The molecule has 0 N–H and O–H groups in total. The van der Waals surface area contributed by atoms with E-state index in [1.165, 1.54) is 0 Å². The maximum absolute atomic E-state index is 8.69. The average Bonchev–Trinajstić information content (AvgIpc) is 2.05. The molecule has 0 radical (unpaired) electrons. The molecule has 2 unspecified atom stereocenters. The number of nitriles is 2. The summed E-state index contributed by atoms with van der Waals surface area (Å²) in [5.74, 6) is -0.444. The van der Waals surface area contributed by atoms with Gasteiger partial charge in [0.05, 0.1) is 18.1 Å². The van der Waals surface area contributed by atoms with Gasteiger partial charge in [0.2, 0.25) is 0 Å². The highest BCUT2D eigenvalue weighted by Crippen LogP contribution is 2.29. The number of rotatable bonds is 0. The molecule has 0 aromatic rings. The molecule has 0 fully saturated rings. The Morgan fingerprint density at radius 2 is 2.09 bits per heavy atom. The highest BCUT2D eigenvalue weighted by molar-refractivity contribution is 7.82. The van der Waals surface area contributed by atoms with Gasteiger partial charge < -0.3 is 0 Å². The summed E-state index contributed by atoms with van der Waals surface area (Å²) in [5, 5.41) is 17.3. The molecular weight excluding hydrogens is 156 g/mol. The maximum atomic E-state index is 8.69. The van der Waals surface area contributed by atoms with Crippen LogP contribution >= 0.6 is 12.6 Å². The fourth-order valence-electron chi connectivity index (χ4n) is 0.876. The third-order valence-corrected chi connectivity index (χ3v) is 2.08. The van der Waals surface area contributed by atoms with Crippen LogP contribution in [0.15, 0.2) is 24.3 Å². The van der Waals surface area contributed by atoms with E-state index >= 15 is 0 Å².